The van der Waals surface area contributed by atoms with Crippen molar-refractivity contribution in [3.8, 4) is 0 Å². The molecule has 5 nitrogen and oxygen atoms in total. The number of hydrogen-bond donors (Lipinski definition) is 0. The number of rotatable bonds is 4. The van der Waals surface area contributed by atoms with Gasteiger partial charge >= 0.3 is 6.09 Å². The van der Waals surface area contributed by atoms with Crippen LogP contribution in [-0.2, 0) is 9.53 Å². The van der Waals surface area contributed by atoms with Crippen molar-refractivity contribution in [1.82, 2.24) is 10.6 Å². The maximum Gasteiger partial charge on any atom is 0.409 e. The Kier molecular flexibility index (Phi) is 4.87. The maximum absolute atomic E-state index is 11.1. The van der Waals surface area contributed by atoms with Crippen LogP contribution in [0, 0.1) is 0 Å². The van der Waals surface area contributed by atoms with E-state index >= 15 is 0 Å². The molecule has 0 saturated heterocycles. The molecule has 0 aliphatic carbocycles. The van der Waals surface area contributed by atoms with Crippen molar-refractivity contribution in [3.05, 3.63) is 0 Å². The zero-order valence-electron chi connectivity index (χ0n) is 8.16. The standard InChI is InChI=1S/C8H15N2O3/c1-6(2)13-8(12)10(3)5-4-7(9)11/h6,9H,4-5H2,1-3H3. The Bertz CT molecular complexity index is 192. The van der Waals surface area contributed by atoms with Crippen molar-refractivity contribution in [2.45, 2.75) is 26.4 Å². The zero-order chi connectivity index (χ0) is 10.4. The second-order valence-electron chi connectivity index (χ2n) is 3.03. The molecule has 0 aromatic heterocycles. The Balaban J connectivity index is 3.76. The van der Waals surface area contributed by atoms with E-state index in [2.05, 4.69) is 0 Å². The minimum Gasteiger partial charge on any atom is -0.447 e. The summed E-state index contributed by atoms with van der Waals surface area (Å²) in [5.74, 6) is -0.677. The summed E-state index contributed by atoms with van der Waals surface area (Å²) in [6, 6.07) is 0. The first-order chi connectivity index (χ1) is 5.93. The number of ether oxygens (including phenoxy) is 1. The van der Waals surface area contributed by atoms with Crippen LogP contribution in [0.2, 0.25) is 0 Å². The van der Waals surface area contributed by atoms with Gasteiger partial charge in [0, 0.05) is 20.0 Å². The van der Waals surface area contributed by atoms with E-state index in [1.54, 1.807) is 13.8 Å². The molecule has 13 heavy (non-hydrogen) atoms. The summed E-state index contributed by atoms with van der Waals surface area (Å²) < 4.78 is 4.86. The van der Waals surface area contributed by atoms with Crippen molar-refractivity contribution >= 4 is 12.0 Å². The van der Waals surface area contributed by atoms with Gasteiger partial charge in [-0.05, 0) is 13.8 Å². The quantitative estimate of drug-likeness (QED) is 0.649. The molecule has 1 radical (unpaired) electrons. The molecular weight excluding hydrogens is 172 g/mol. The van der Waals surface area contributed by atoms with E-state index in [9.17, 15) is 9.59 Å². The van der Waals surface area contributed by atoms with Crippen LogP contribution in [0.4, 0.5) is 4.79 Å². The number of carbonyl (C=O) groups is 2. The minimum absolute atomic E-state index is 0.0453. The lowest BCUT2D eigenvalue weighted by Gasteiger charge is -2.17. The van der Waals surface area contributed by atoms with Crippen LogP contribution >= 0.6 is 0 Å². The van der Waals surface area contributed by atoms with Crippen LogP contribution in [0.5, 0.6) is 0 Å². The fourth-order valence-corrected chi connectivity index (χ4v) is 0.652. The summed E-state index contributed by atoms with van der Waals surface area (Å²) in [5.41, 5.74) is 6.64. The van der Waals surface area contributed by atoms with Crippen LogP contribution in [0.15, 0.2) is 0 Å². The van der Waals surface area contributed by atoms with E-state index in [0.29, 0.717) is 0 Å². The highest BCUT2D eigenvalue weighted by Crippen LogP contribution is 1.96. The topological polar surface area (TPSA) is 70.4 Å². The molecule has 2 amide bonds. The van der Waals surface area contributed by atoms with Gasteiger partial charge in [0.15, 0.2) is 0 Å². The molecule has 0 spiro atoms. The molecule has 0 aliphatic heterocycles. The molecule has 0 rings (SSSR count). The predicted molar refractivity (Wildman–Crippen MR) is 47.0 cm³/mol. The molecule has 0 bridgehead atoms. The van der Waals surface area contributed by atoms with Crippen molar-refractivity contribution in [2.75, 3.05) is 13.6 Å². The van der Waals surface area contributed by atoms with Gasteiger partial charge in [-0.1, -0.05) is 0 Å². The molecule has 0 atom stereocenters. The molecule has 0 fully saturated rings. The van der Waals surface area contributed by atoms with Crippen molar-refractivity contribution in [3.63, 3.8) is 0 Å². The fraction of sp³-hybridized carbons (Fsp3) is 0.750. The van der Waals surface area contributed by atoms with Crippen LogP contribution in [0.25, 0.3) is 0 Å². The van der Waals surface area contributed by atoms with Gasteiger partial charge in [0.2, 0.25) is 5.91 Å². The van der Waals surface area contributed by atoms with Crippen LogP contribution < -0.4 is 5.73 Å². The highest BCUT2D eigenvalue weighted by molar-refractivity contribution is 5.74. The molecule has 0 aromatic rings. The monoisotopic (exact) mass is 187 g/mol. The van der Waals surface area contributed by atoms with Gasteiger partial charge < -0.3 is 9.64 Å². The molecule has 0 saturated carbocycles. The number of carbonyl (C=O) groups excluding carboxylic acids is 2. The molecule has 0 aromatic carbocycles. The second-order valence-corrected chi connectivity index (χ2v) is 3.03. The highest BCUT2D eigenvalue weighted by Gasteiger charge is 2.11. The summed E-state index contributed by atoms with van der Waals surface area (Å²) >= 11 is 0. The van der Waals surface area contributed by atoms with Gasteiger partial charge in [-0.15, -0.1) is 0 Å². The van der Waals surface area contributed by atoms with Gasteiger partial charge in [-0.3, -0.25) is 10.5 Å². The van der Waals surface area contributed by atoms with Crippen LogP contribution in [-0.4, -0.2) is 36.6 Å². The Hall–Kier alpha value is -1.26. The van der Waals surface area contributed by atoms with E-state index in [0.717, 1.165) is 0 Å². The van der Waals surface area contributed by atoms with Crippen LogP contribution in [0.3, 0.4) is 0 Å². The Labute approximate surface area is 77.8 Å². The fourth-order valence-electron chi connectivity index (χ4n) is 0.652. The molecule has 1 N–H and O–H groups in total. The Morgan fingerprint density at radius 3 is 2.38 bits per heavy atom. The van der Waals surface area contributed by atoms with Gasteiger partial charge in [-0.2, -0.15) is 0 Å². The highest BCUT2D eigenvalue weighted by atomic mass is 16.6. The summed E-state index contributed by atoms with van der Waals surface area (Å²) in [6.45, 7) is 3.73. The normalized spacial score (nSPS) is 9.85. The van der Waals surface area contributed by atoms with E-state index < -0.39 is 12.0 Å². The average molecular weight is 187 g/mol. The van der Waals surface area contributed by atoms with Gasteiger partial charge in [-0.25, -0.2) is 4.79 Å². The van der Waals surface area contributed by atoms with E-state index in [1.165, 1.54) is 11.9 Å². The summed E-state index contributed by atoms with van der Waals surface area (Å²) in [5, 5.41) is 0. The lowest BCUT2D eigenvalue weighted by Crippen LogP contribution is -2.31. The maximum atomic E-state index is 11.1. The molecule has 0 aliphatic rings. The van der Waals surface area contributed by atoms with E-state index in [4.69, 9.17) is 10.5 Å². The molecular formula is C8H15N2O3. The first-order valence-electron chi connectivity index (χ1n) is 4.09. The molecule has 5 heteroatoms. The summed E-state index contributed by atoms with van der Waals surface area (Å²) in [7, 11) is 1.54. The predicted octanol–water partition coefficient (Wildman–Crippen LogP) is 0.663. The first kappa shape index (κ1) is 11.7. The van der Waals surface area contributed by atoms with Crippen LogP contribution in [0.1, 0.15) is 20.3 Å². The van der Waals surface area contributed by atoms with Gasteiger partial charge in [0.05, 0.1) is 6.10 Å². The van der Waals surface area contributed by atoms with Crippen molar-refractivity contribution in [2.24, 2.45) is 0 Å². The largest absolute Gasteiger partial charge is 0.447 e. The number of nitrogens with one attached hydrogen (secondary N) is 1. The first-order valence-corrected chi connectivity index (χ1v) is 4.09. The summed E-state index contributed by atoms with van der Waals surface area (Å²) in [6.07, 6.45) is -0.582. The van der Waals surface area contributed by atoms with Gasteiger partial charge in [0.1, 0.15) is 0 Å². The zero-order valence-corrected chi connectivity index (χ0v) is 8.16. The number of nitrogens with zero attached hydrogens (tertiary/aromatic N) is 1. The van der Waals surface area contributed by atoms with E-state index in [1.807, 2.05) is 0 Å². The smallest absolute Gasteiger partial charge is 0.409 e. The average Bonchev–Trinajstić information content (AvgIpc) is 1.98. The number of hydrogen-bond acceptors (Lipinski definition) is 3. The molecule has 75 valence electrons. The van der Waals surface area contributed by atoms with Gasteiger partial charge in [0.25, 0.3) is 0 Å². The van der Waals surface area contributed by atoms with E-state index in [-0.39, 0.29) is 19.1 Å². The lowest BCUT2D eigenvalue weighted by molar-refractivity contribution is -0.118. The van der Waals surface area contributed by atoms with Crippen molar-refractivity contribution < 1.29 is 14.3 Å². The molecule has 0 unspecified atom stereocenters. The molecule has 0 heterocycles. The third-order valence-electron chi connectivity index (χ3n) is 1.32. The van der Waals surface area contributed by atoms with Crippen molar-refractivity contribution in [1.29, 1.82) is 0 Å². The number of amides is 2. The SMILES string of the molecule is CC(C)OC(=O)N(C)CCC([NH])=O. The Morgan fingerprint density at radius 1 is 1.46 bits per heavy atom. The summed E-state index contributed by atoms with van der Waals surface area (Å²) in [4.78, 5) is 22.7. The minimum atomic E-state index is -0.677. The Morgan fingerprint density at radius 2 is 2.00 bits per heavy atom. The second kappa shape index (κ2) is 5.40. The lowest BCUT2D eigenvalue weighted by atomic mass is 10.4. The third kappa shape index (κ3) is 5.95. The third-order valence-corrected chi connectivity index (χ3v) is 1.32.